The van der Waals surface area contributed by atoms with Crippen LogP contribution in [0.4, 0.5) is 10.5 Å². The number of nitrogens with zero attached hydrogens (tertiary/aromatic N) is 6. The topological polar surface area (TPSA) is 96.6 Å². The van der Waals surface area contributed by atoms with E-state index in [1.807, 2.05) is 58.0 Å². The first kappa shape index (κ1) is 24.8. The van der Waals surface area contributed by atoms with Crippen molar-refractivity contribution in [3.8, 4) is 17.1 Å². The molecule has 0 saturated carbocycles. The fourth-order valence-electron chi connectivity index (χ4n) is 5.17. The van der Waals surface area contributed by atoms with Crippen LogP contribution in [-0.2, 0) is 11.8 Å². The Hall–Kier alpha value is -3.88. The van der Waals surface area contributed by atoms with Gasteiger partial charge in [-0.2, -0.15) is 5.10 Å². The zero-order chi connectivity index (χ0) is 26.6. The molecular weight excluding hydrogens is 468 g/mol. The molecule has 5 rings (SSSR count). The third kappa shape index (κ3) is 4.65. The molecule has 1 aliphatic rings. The van der Waals surface area contributed by atoms with Crippen LogP contribution in [0.25, 0.3) is 33.2 Å². The number of rotatable bonds is 2. The molecule has 0 spiro atoms. The van der Waals surface area contributed by atoms with Crippen molar-refractivity contribution in [2.24, 2.45) is 7.05 Å². The van der Waals surface area contributed by atoms with Crippen LogP contribution in [0.1, 0.15) is 40.2 Å². The number of phenols is 1. The minimum absolute atomic E-state index is 0.00142. The molecule has 1 saturated heterocycles. The lowest BCUT2D eigenvalue weighted by Gasteiger charge is -2.45. The Bertz CT molecular complexity index is 1490. The number of phenolic OH excluding ortho intramolecular Hbond substituents is 1. The zero-order valence-electron chi connectivity index (χ0n) is 22.5. The van der Waals surface area contributed by atoms with Gasteiger partial charge in [0.15, 0.2) is 5.82 Å². The average molecular weight is 503 g/mol. The van der Waals surface area contributed by atoms with Gasteiger partial charge in [0.2, 0.25) is 0 Å². The van der Waals surface area contributed by atoms with E-state index in [0.29, 0.717) is 30.0 Å². The number of fused-ring (bicyclic) bond motifs is 2. The van der Waals surface area contributed by atoms with E-state index in [1.54, 1.807) is 10.9 Å². The molecule has 9 nitrogen and oxygen atoms in total. The van der Waals surface area contributed by atoms with Crippen molar-refractivity contribution in [1.29, 1.82) is 0 Å². The summed E-state index contributed by atoms with van der Waals surface area (Å²) in [5.41, 5.74) is 3.40. The zero-order valence-corrected chi connectivity index (χ0v) is 22.5. The Balaban J connectivity index is 1.41. The van der Waals surface area contributed by atoms with Crippen molar-refractivity contribution >= 4 is 33.6 Å². The lowest BCUT2D eigenvalue weighted by molar-refractivity contribution is 0.00566. The van der Waals surface area contributed by atoms with Gasteiger partial charge in [0, 0.05) is 54.6 Å². The number of ether oxygens (including phenoxy) is 1. The van der Waals surface area contributed by atoms with Crippen molar-refractivity contribution in [3.63, 3.8) is 0 Å². The Kier molecular flexibility index (Phi) is 5.96. The van der Waals surface area contributed by atoms with E-state index in [9.17, 15) is 9.90 Å². The molecule has 9 heteroatoms. The van der Waals surface area contributed by atoms with Gasteiger partial charge in [0.05, 0.1) is 28.7 Å². The van der Waals surface area contributed by atoms with Crippen LogP contribution < -0.4 is 4.90 Å². The number of piperazine rings is 1. The molecule has 1 fully saturated rings. The minimum Gasteiger partial charge on any atom is -0.507 e. The lowest BCUT2D eigenvalue weighted by Crippen LogP contribution is -2.59. The molecule has 0 radical (unpaired) electrons. The summed E-state index contributed by atoms with van der Waals surface area (Å²) in [4.78, 5) is 26.2. The van der Waals surface area contributed by atoms with Gasteiger partial charge in [-0.25, -0.2) is 14.8 Å². The van der Waals surface area contributed by atoms with E-state index < -0.39 is 5.60 Å². The van der Waals surface area contributed by atoms with E-state index in [0.717, 1.165) is 27.5 Å². The summed E-state index contributed by atoms with van der Waals surface area (Å²) in [6, 6.07) is 8.00. The van der Waals surface area contributed by atoms with Crippen LogP contribution in [0, 0.1) is 6.92 Å². The first-order valence-electron chi connectivity index (χ1n) is 12.6. The monoisotopic (exact) mass is 502 g/mol. The van der Waals surface area contributed by atoms with Crippen LogP contribution in [0.2, 0.25) is 0 Å². The van der Waals surface area contributed by atoms with Crippen molar-refractivity contribution in [2.45, 2.75) is 59.2 Å². The van der Waals surface area contributed by atoms with Crippen molar-refractivity contribution in [1.82, 2.24) is 24.6 Å². The fraction of sp³-hybridized carbons (Fsp3) is 0.429. The van der Waals surface area contributed by atoms with E-state index in [4.69, 9.17) is 9.72 Å². The summed E-state index contributed by atoms with van der Waals surface area (Å²) < 4.78 is 7.37. The van der Waals surface area contributed by atoms with Gasteiger partial charge in [-0.3, -0.25) is 9.58 Å². The first-order valence-corrected chi connectivity index (χ1v) is 12.6. The highest BCUT2D eigenvalue weighted by Gasteiger charge is 2.35. The molecule has 37 heavy (non-hydrogen) atoms. The van der Waals surface area contributed by atoms with Crippen molar-refractivity contribution in [3.05, 3.63) is 42.2 Å². The van der Waals surface area contributed by atoms with Gasteiger partial charge in [0.1, 0.15) is 11.4 Å². The third-order valence-corrected chi connectivity index (χ3v) is 6.82. The van der Waals surface area contributed by atoms with E-state index in [-0.39, 0.29) is 23.9 Å². The molecule has 3 heterocycles. The molecule has 194 valence electrons. The molecule has 1 N–H and O–H groups in total. The van der Waals surface area contributed by atoms with E-state index >= 15 is 0 Å². The van der Waals surface area contributed by atoms with Crippen LogP contribution in [0.15, 0.2) is 36.7 Å². The molecular formula is C28H34N6O3. The molecule has 2 aromatic carbocycles. The number of anilines is 1. The Morgan fingerprint density at radius 1 is 1.11 bits per heavy atom. The maximum Gasteiger partial charge on any atom is 0.410 e. The molecule has 0 unspecified atom stereocenters. The Morgan fingerprint density at radius 2 is 1.81 bits per heavy atom. The summed E-state index contributed by atoms with van der Waals surface area (Å²) >= 11 is 0. The highest BCUT2D eigenvalue weighted by Crippen LogP contribution is 2.36. The molecule has 2 aromatic heterocycles. The first-order chi connectivity index (χ1) is 17.4. The quantitative estimate of drug-likeness (QED) is 0.411. The van der Waals surface area contributed by atoms with Gasteiger partial charge >= 0.3 is 6.09 Å². The number of aromatic hydroxyl groups is 1. The summed E-state index contributed by atoms with van der Waals surface area (Å²) in [5.74, 6) is 0.618. The highest BCUT2D eigenvalue weighted by molar-refractivity contribution is 5.91. The number of carbonyl (C=O) groups is 1. The van der Waals surface area contributed by atoms with Crippen LogP contribution in [0.5, 0.6) is 5.75 Å². The number of aromatic nitrogens is 4. The number of amides is 1. The smallest absolute Gasteiger partial charge is 0.410 e. The second-order valence-electron chi connectivity index (χ2n) is 11.1. The molecule has 2 atom stereocenters. The van der Waals surface area contributed by atoms with Crippen molar-refractivity contribution < 1.29 is 14.6 Å². The van der Waals surface area contributed by atoms with Crippen molar-refractivity contribution in [2.75, 3.05) is 18.0 Å². The largest absolute Gasteiger partial charge is 0.507 e. The normalized spacial score (nSPS) is 18.6. The summed E-state index contributed by atoms with van der Waals surface area (Å²) in [6.45, 7) is 13.0. The molecule has 1 amide bonds. The molecule has 1 aliphatic heterocycles. The van der Waals surface area contributed by atoms with Gasteiger partial charge in [-0.15, -0.1) is 0 Å². The number of carbonyl (C=O) groups excluding carboxylic acids is 1. The number of benzene rings is 2. The minimum atomic E-state index is -0.524. The summed E-state index contributed by atoms with van der Waals surface area (Å²) in [7, 11) is 1.86. The standard InChI is InChI=1S/C28H34N6O3/c1-16-13-33(14-17(2)34(16)27(36)37-28(4,5)6)21-8-9-23-19(10-21)12-29-26(30-23)22-11-20-15-32(7)31-24(20)18(3)25(22)35/h8-12,15-17,35H,13-14H2,1-7H3/t16-,17-/m1/s1. The highest BCUT2D eigenvalue weighted by atomic mass is 16.6. The van der Waals surface area contributed by atoms with E-state index in [1.165, 1.54) is 0 Å². The molecule has 4 aromatic rings. The molecule has 0 aliphatic carbocycles. The van der Waals surface area contributed by atoms with E-state index in [2.05, 4.69) is 41.0 Å². The SMILES string of the molecule is Cc1c(O)c(-c2ncc3cc(N4C[C@@H](C)N(C(=O)OC(C)(C)C)[C@H](C)C4)ccc3n2)cc2cn(C)nc12. The fourth-order valence-corrected chi connectivity index (χ4v) is 5.17. The predicted molar refractivity (Wildman–Crippen MR) is 145 cm³/mol. The van der Waals surface area contributed by atoms with Gasteiger partial charge in [-0.1, -0.05) is 0 Å². The lowest BCUT2D eigenvalue weighted by atomic mass is 10.0. The van der Waals surface area contributed by atoms with Crippen LogP contribution >= 0.6 is 0 Å². The summed E-state index contributed by atoms with van der Waals surface area (Å²) in [5, 5.41) is 17.1. The number of hydrogen-bond acceptors (Lipinski definition) is 7. The second kappa shape index (κ2) is 8.90. The van der Waals surface area contributed by atoms with Crippen LogP contribution in [-0.4, -0.2) is 66.6 Å². The van der Waals surface area contributed by atoms with Gasteiger partial charge < -0.3 is 14.7 Å². The maximum atomic E-state index is 12.8. The second-order valence-corrected chi connectivity index (χ2v) is 11.1. The van der Waals surface area contributed by atoms with Gasteiger partial charge in [-0.05, 0) is 65.8 Å². The number of hydrogen-bond donors (Lipinski definition) is 1. The molecule has 0 bridgehead atoms. The third-order valence-electron chi connectivity index (χ3n) is 6.82. The Labute approximate surface area is 216 Å². The maximum absolute atomic E-state index is 12.8. The Morgan fingerprint density at radius 3 is 2.49 bits per heavy atom. The number of aryl methyl sites for hydroxylation is 2. The van der Waals surface area contributed by atoms with Gasteiger partial charge in [0.25, 0.3) is 0 Å². The average Bonchev–Trinajstić information content (AvgIpc) is 3.19. The predicted octanol–water partition coefficient (Wildman–Crippen LogP) is 5.03. The summed E-state index contributed by atoms with van der Waals surface area (Å²) in [6.07, 6.45) is 3.45. The van der Waals surface area contributed by atoms with Crippen LogP contribution in [0.3, 0.4) is 0 Å².